The van der Waals surface area contributed by atoms with Crippen LogP contribution in [0.1, 0.15) is 133 Å². The van der Waals surface area contributed by atoms with E-state index in [9.17, 15) is 0 Å². The number of hydrogen-bond donors (Lipinski definition) is 0. The first-order valence-corrected chi connectivity index (χ1v) is 35.3. The highest BCUT2D eigenvalue weighted by molar-refractivity contribution is 5.73. The van der Waals surface area contributed by atoms with Crippen molar-refractivity contribution in [3.05, 3.63) is 319 Å². The maximum atomic E-state index is 2.33. The molecule has 1 fully saturated rings. The minimum absolute atomic E-state index is 0.789. The number of anilines is 10. The zero-order valence-corrected chi connectivity index (χ0v) is 63.2. The summed E-state index contributed by atoms with van der Waals surface area (Å²) in [7, 11) is 10.6. The molecule has 0 bridgehead atoms. The molecule has 5 nitrogen and oxygen atoms in total. The van der Waals surface area contributed by atoms with Gasteiger partial charge in [-0.25, -0.2) is 0 Å². The van der Waals surface area contributed by atoms with E-state index in [1.165, 1.54) is 195 Å². The van der Waals surface area contributed by atoms with E-state index < -0.39 is 0 Å². The van der Waals surface area contributed by atoms with Gasteiger partial charge in [0.1, 0.15) is 0 Å². The van der Waals surface area contributed by atoms with Gasteiger partial charge in [-0.3, -0.25) is 0 Å². The van der Waals surface area contributed by atoms with E-state index in [-0.39, 0.29) is 0 Å². The average Bonchev–Trinajstić information content (AvgIpc) is 0.832. The van der Waals surface area contributed by atoms with E-state index in [1.54, 1.807) is 0 Å². The van der Waals surface area contributed by atoms with Gasteiger partial charge in [0.25, 0.3) is 0 Å². The lowest BCUT2D eigenvalue weighted by Crippen LogP contribution is -2.11. The Balaban J connectivity index is 0.000000157. The first-order valence-electron chi connectivity index (χ1n) is 35.3. The Morgan fingerprint density at radius 2 is 0.480 bits per heavy atom. The fourth-order valence-corrected chi connectivity index (χ4v) is 12.5. The van der Waals surface area contributed by atoms with Crippen LogP contribution in [0.3, 0.4) is 0 Å². The van der Waals surface area contributed by atoms with Crippen LogP contribution in [0.15, 0.2) is 224 Å². The molecule has 1 aliphatic rings. The standard InChI is InChI=1S/C22H23N.C20H25N.C18H23N.C17H21N.C16H19N/c1-16-14-18(3)22(15-17(16)2)23(4)21-12-10-20(11-13-21)19-8-6-5-7-9-19;1-16-8-12-19(13-9-16)21(2)20-14-10-18(11-15-20)17-6-4-3-5-7-17;1-12-7-8-17(10-14(12)3)19(6)18-11-15(4)13(2)9-16(18)5;1-12-6-8-16(10-14(12)3)18(5)17-9-7-13(2)15(4)11-17;1-12-5-8-15(9-6-12)17(4)16-10-7-13(2)14(3)11-16/h5-15H,1-4H3;8-15,17H,3-7H2,1-2H3;7-11H,1-6H3;6-11H,1-5H3;5-11H,1-4H3. The summed E-state index contributed by atoms with van der Waals surface area (Å²) in [6, 6.07) is 81.3. The Morgan fingerprint density at radius 3 is 0.847 bits per heavy atom. The van der Waals surface area contributed by atoms with Crippen LogP contribution in [0.4, 0.5) is 56.9 Å². The van der Waals surface area contributed by atoms with Crippen LogP contribution in [0.2, 0.25) is 0 Å². The quantitative estimate of drug-likeness (QED) is 0.121. The van der Waals surface area contributed by atoms with Gasteiger partial charge in [0.2, 0.25) is 0 Å². The van der Waals surface area contributed by atoms with Crippen molar-refractivity contribution < 1.29 is 0 Å². The number of hydrogen-bond acceptors (Lipinski definition) is 5. The molecule has 0 saturated heterocycles. The molecule has 98 heavy (non-hydrogen) atoms. The third kappa shape index (κ3) is 19.8. The summed E-state index contributed by atoms with van der Waals surface area (Å²) in [5, 5.41) is 0. The number of rotatable bonds is 12. The van der Waals surface area contributed by atoms with Crippen molar-refractivity contribution >= 4 is 56.9 Å². The molecule has 5 heteroatoms. The van der Waals surface area contributed by atoms with Gasteiger partial charge >= 0.3 is 0 Å². The maximum Gasteiger partial charge on any atom is 0.0440 e. The summed E-state index contributed by atoms with van der Waals surface area (Å²) < 4.78 is 0. The van der Waals surface area contributed by atoms with Crippen LogP contribution in [0, 0.1) is 111 Å². The molecule has 11 aromatic carbocycles. The average molecular weight is 1300 g/mol. The summed E-state index contributed by atoms with van der Waals surface area (Å²) >= 11 is 0. The van der Waals surface area contributed by atoms with Crippen molar-refractivity contribution in [1.29, 1.82) is 0 Å². The van der Waals surface area contributed by atoms with Crippen molar-refractivity contribution in [2.75, 3.05) is 59.7 Å². The van der Waals surface area contributed by atoms with E-state index in [0.717, 1.165) is 5.92 Å². The second-order valence-electron chi connectivity index (χ2n) is 27.8. The number of benzene rings is 11. The van der Waals surface area contributed by atoms with Gasteiger partial charge in [0.15, 0.2) is 0 Å². The molecule has 0 radical (unpaired) electrons. The molecule has 0 amide bonds. The minimum Gasteiger partial charge on any atom is -0.345 e. The van der Waals surface area contributed by atoms with Crippen molar-refractivity contribution in [2.45, 2.75) is 149 Å². The maximum absolute atomic E-state index is 2.33. The number of nitrogens with zero attached hydrogens (tertiary/aromatic N) is 5. The fraction of sp³-hybridized carbons (Fsp3) is 0.290. The molecule has 0 spiro atoms. The molecule has 0 atom stereocenters. The van der Waals surface area contributed by atoms with Gasteiger partial charge in [-0.2, -0.15) is 0 Å². The second-order valence-corrected chi connectivity index (χ2v) is 27.8. The summed E-state index contributed by atoms with van der Waals surface area (Å²) in [6.07, 6.45) is 6.95. The highest BCUT2D eigenvalue weighted by atomic mass is 15.1. The van der Waals surface area contributed by atoms with Crippen molar-refractivity contribution in [2.24, 2.45) is 0 Å². The third-order valence-electron chi connectivity index (χ3n) is 20.4. The van der Waals surface area contributed by atoms with E-state index in [0.29, 0.717) is 0 Å². The summed E-state index contributed by atoms with van der Waals surface area (Å²) in [4.78, 5) is 11.2. The van der Waals surface area contributed by atoms with Gasteiger partial charge in [0, 0.05) is 92.1 Å². The normalized spacial score (nSPS) is 11.7. The Bertz CT molecular complexity index is 4310. The van der Waals surface area contributed by atoms with Crippen LogP contribution < -0.4 is 24.5 Å². The topological polar surface area (TPSA) is 16.2 Å². The van der Waals surface area contributed by atoms with Crippen LogP contribution in [0.5, 0.6) is 0 Å². The van der Waals surface area contributed by atoms with Crippen LogP contribution >= 0.6 is 0 Å². The molecule has 12 rings (SSSR count). The number of aryl methyl sites for hydroxylation is 16. The third-order valence-corrected chi connectivity index (χ3v) is 20.4. The molecule has 0 aliphatic heterocycles. The molecule has 1 saturated carbocycles. The molecule has 0 unspecified atom stereocenters. The van der Waals surface area contributed by atoms with E-state index in [4.69, 9.17) is 0 Å². The van der Waals surface area contributed by atoms with Crippen LogP contribution in [0.25, 0.3) is 11.1 Å². The predicted octanol–water partition coefficient (Wildman–Crippen LogP) is 25.9. The first-order chi connectivity index (χ1) is 46.8. The SMILES string of the molecule is Cc1cc(C)c(N(C)c2ccc(-c3ccccc3)cc2)cc1C.Cc1ccc(N(C)c2cc(C)c(C)cc2C)cc1C.Cc1ccc(N(C)c2ccc(C)c(C)c2)cc1.Cc1ccc(N(C)c2ccc(C)c(C)c2)cc1C.Cc1ccc(N(C)c2ccc(C3CCCCC3)cc2)cc1. The largest absolute Gasteiger partial charge is 0.345 e. The molecular weight excluding hydrogens is 1190 g/mol. The highest BCUT2D eigenvalue weighted by Gasteiger charge is 2.17. The van der Waals surface area contributed by atoms with Crippen LogP contribution in [-0.4, -0.2) is 35.2 Å². The Hall–Kier alpha value is -9.58. The van der Waals surface area contributed by atoms with Gasteiger partial charge < -0.3 is 24.5 Å². The molecule has 508 valence electrons. The van der Waals surface area contributed by atoms with E-state index in [1.807, 2.05) is 6.07 Å². The molecule has 1 aliphatic carbocycles. The summed E-state index contributed by atoms with van der Waals surface area (Å²) in [5.41, 5.74) is 37.8. The van der Waals surface area contributed by atoms with Crippen molar-refractivity contribution in [3.8, 4) is 11.1 Å². The van der Waals surface area contributed by atoms with E-state index in [2.05, 4.69) is 389 Å². The molecule has 0 N–H and O–H groups in total. The van der Waals surface area contributed by atoms with Gasteiger partial charge in [-0.05, 0) is 333 Å². The molecule has 0 heterocycles. The second kappa shape index (κ2) is 34.6. The summed E-state index contributed by atoms with van der Waals surface area (Å²) in [6.45, 7) is 34.5. The lowest BCUT2D eigenvalue weighted by Gasteiger charge is -2.24. The fourth-order valence-electron chi connectivity index (χ4n) is 12.5. The summed E-state index contributed by atoms with van der Waals surface area (Å²) in [5.74, 6) is 0.789. The van der Waals surface area contributed by atoms with Crippen molar-refractivity contribution in [1.82, 2.24) is 0 Å². The van der Waals surface area contributed by atoms with Crippen molar-refractivity contribution in [3.63, 3.8) is 0 Å². The smallest absolute Gasteiger partial charge is 0.0440 e. The lowest BCUT2D eigenvalue weighted by molar-refractivity contribution is 0.443. The zero-order chi connectivity index (χ0) is 70.9. The lowest BCUT2D eigenvalue weighted by atomic mass is 9.84. The Labute approximate surface area is 592 Å². The zero-order valence-electron chi connectivity index (χ0n) is 63.2. The van der Waals surface area contributed by atoms with Gasteiger partial charge in [-0.15, -0.1) is 0 Å². The molecule has 11 aromatic rings. The van der Waals surface area contributed by atoms with Gasteiger partial charge in [0.05, 0.1) is 0 Å². The molecule has 0 aromatic heterocycles. The minimum atomic E-state index is 0.789. The molecular formula is C93H111N5. The Kier molecular flexibility index (Phi) is 26.2. The highest BCUT2D eigenvalue weighted by Crippen LogP contribution is 2.37. The monoisotopic (exact) mass is 1300 g/mol. The predicted molar refractivity (Wildman–Crippen MR) is 432 cm³/mol. The van der Waals surface area contributed by atoms with E-state index >= 15 is 0 Å². The van der Waals surface area contributed by atoms with Crippen LogP contribution in [-0.2, 0) is 0 Å². The first kappa shape index (κ1) is 74.2. The van der Waals surface area contributed by atoms with Gasteiger partial charge in [-0.1, -0.05) is 146 Å². The Morgan fingerprint density at radius 1 is 0.214 bits per heavy atom.